The molecule has 0 aliphatic carbocycles. The molecule has 2 rings (SSSR count). The van der Waals surface area contributed by atoms with Gasteiger partial charge in [-0.1, -0.05) is 17.7 Å². The Hall–Kier alpha value is 0.511. The predicted octanol–water partition coefficient (Wildman–Crippen LogP) is -0.897. The Morgan fingerprint density at radius 3 is 2.60 bits per heavy atom. The van der Waals surface area contributed by atoms with Crippen LogP contribution in [0, 0.1) is 0 Å². The monoisotopic (exact) mass is 239 g/mol. The summed E-state index contributed by atoms with van der Waals surface area (Å²) in [5, 5.41) is 2.99. The van der Waals surface area contributed by atoms with Crippen molar-refractivity contribution in [2.45, 2.75) is 12.8 Å². The van der Waals surface area contributed by atoms with Crippen LogP contribution in [0.2, 0.25) is 0 Å². The van der Waals surface area contributed by atoms with Crippen LogP contribution >= 0.6 is 0 Å². The molecule has 0 saturated carbocycles. The summed E-state index contributed by atoms with van der Waals surface area (Å²) >= 11 is 0. The van der Waals surface area contributed by atoms with Crippen LogP contribution in [0.4, 0.5) is 18.6 Å². The molecule has 0 radical (unpaired) electrons. The second kappa shape index (κ2) is 5.23. The van der Waals surface area contributed by atoms with Gasteiger partial charge in [-0.05, 0) is 18.9 Å². The van der Waals surface area contributed by atoms with Crippen molar-refractivity contribution in [3.05, 3.63) is 23.8 Å². The van der Waals surface area contributed by atoms with Crippen LogP contribution < -0.4 is 62.2 Å². The fraction of sp³-hybridized carbons (Fsp3) is 0.333. The molecule has 0 fully saturated rings. The number of hydrogen-bond acceptors (Lipinski definition) is 1. The molecular formula is C9H10BF3KN. The normalized spacial score (nSPS) is 14.9. The van der Waals surface area contributed by atoms with Crippen molar-refractivity contribution in [1.82, 2.24) is 0 Å². The zero-order valence-electron chi connectivity index (χ0n) is 8.56. The summed E-state index contributed by atoms with van der Waals surface area (Å²) in [5.41, 5.74) is 0.647. The molecule has 1 aromatic carbocycles. The fourth-order valence-electron chi connectivity index (χ4n) is 1.84. The average molecular weight is 239 g/mol. The van der Waals surface area contributed by atoms with Gasteiger partial charge in [-0.25, -0.2) is 0 Å². The van der Waals surface area contributed by atoms with Gasteiger partial charge in [-0.15, -0.1) is 5.46 Å². The molecule has 0 aromatic heterocycles. The number of hydrogen-bond donors (Lipinski definition) is 1. The van der Waals surface area contributed by atoms with E-state index in [0.29, 0.717) is 17.7 Å². The maximum atomic E-state index is 12.6. The SMILES string of the molecule is F[B-](F)(F)c1cccc2c1CCCN2.[K+]. The molecule has 0 unspecified atom stereocenters. The van der Waals surface area contributed by atoms with Crippen molar-refractivity contribution in [1.29, 1.82) is 0 Å². The van der Waals surface area contributed by atoms with Gasteiger partial charge in [0, 0.05) is 12.2 Å². The molecule has 1 heterocycles. The minimum atomic E-state index is -4.87. The first-order valence-electron chi connectivity index (χ1n) is 4.64. The summed E-state index contributed by atoms with van der Waals surface area (Å²) in [4.78, 5) is 0. The zero-order valence-corrected chi connectivity index (χ0v) is 11.7. The first-order valence-corrected chi connectivity index (χ1v) is 4.64. The molecule has 0 bridgehead atoms. The van der Waals surface area contributed by atoms with E-state index in [1.807, 2.05) is 0 Å². The van der Waals surface area contributed by atoms with Crippen LogP contribution in [0.3, 0.4) is 0 Å². The van der Waals surface area contributed by atoms with Crippen molar-refractivity contribution >= 4 is 18.1 Å². The van der Waals surface area contributed by atoms with Crippen LogP contribution in [0.25, 0.3) is 0 Å². The molecule has 1 N–H and O–H groups in total. The number of rotatable bonds is 1. The fourth-order valence-corrected chi connectivity index (χ4v) is 1.84. The third kappa shape index (κ3) is 3.00. The molecule has 15 heavy (non-hydrogen) atoms. The Labute approximate surface area is 129 Å². The molecular weight excluding hydrogens is 229 g/mol. The molecule has 0 amide bonds. The summed E-state index contributed by atoms with van der Waals surface area (Å²) in [6.07, 6.45) is 1.30. The Morgan fingerprint density at radius 2 is 1.93 bits per heavy atom. The van der Waals surface area contributed by atoms with Crippen LogP contribution in [0.1, 0.15) is 12.0 Å². The Balaban J connectivity index is 0.00000112. The van der Waals surface area contributed by atoms with Gasteiger partial charge in [0.15, 0.2) is 0 Å². The summed E-state index contributed by atoms with van der Waals surface area (Å²) in [5.74, 6) is 0. The molecule has 0 atom stereocenters. The maximum Gasteiger partial charge on any atom is 1.00 e. The van der Waals surface area contributed by atoms with Crippen molar-refractivity contribution in [3.63, 3.8) is 0 Å². The van der Waals surface area contributed by atoms with E-state index in [1.54, 1.807) is 6.07 Å². The van der Waals surface area contributed by atoms with E-state index in [1.165, 1.54) is 12.1 Å². The Bertz CT molecular complexity index is 354. The number of nitrogens with one attached hydrogen (secondary N) is 1. The van der Waals surface area contributed by atoms with E-state index < -0.39 is 12.4 Å². The van der Waals surface area contributed by atoms with Crippen molar-refractivity contribution in [3.8, 4) is 0 Å². The molecule has 1 nitrogen and oxygen atoms in total. The molecule has 6 heteroatoms. The van der Waals surface area contributed by atoms with E-state index in [0.717, 1.165) is 13.0 Å². The molecule has 76 valence electrons. The van der Waals surface area contributed by atoms with Crippen molar-refractivity contribution in [2.75, 3.05) is 11.9 Å². The van der Waals surface area contributed by atoms with Gasteiger partial charge in [0.05, 0.1) is 0 Å². The minimum absolute atomic E-state index is 0. The molecule has 0 saturated heterocycles. The Morgan fingerprint density at radius 1 is 1.20 bits per heavy atom. The third-order valence-corrected chi connectivity index (χ3v) is 2.48. The number of fused-ring (bicyclic) bond motifs is 1. The largest absolute Gasteiger partial charge is 1.00 e. The van der Waals surface area contributed by atoms with Gasteiger partial charge in [-0.2, -0.15) is 0 Å². The molecule has 1 aliphatic rings. The van der Waals surface area contributed by atoms with Gasteiger partial charge in [0.2, 0.25) is 0 Å². The zero-order chi connectivity index (χ0) is 10.2. The van der Waals surface area contributed by atoms with Gasteiger partial charge in [0.1, 0.15) is 0 Å². The summed E-state index contributed by atoms with van der Waals surface area (Å²) in [6.45, 7) is -4.11. The van der Waals surface area contributed by atoms with Crippen molar-refractivity contribution < 1.29 is 64.3 Å². The van der Waals surface area contributed by atoms with E-state index in [2.05, 4.69) is 5.32 Å². The van der Waals surface area contributed by atoms with Gasteiger partial charge in [-0.3, -0.25) is 0 Å². The predicted molar refractivity (Wildman–Crippen MR) is 52.0 cm³/mol. The average Bonchev–Trinajstić information content (AvgIpc) is 2.15. The van der Waals surface area contributed by atoms with Crippen LogP contribution in [0.5, 0.6) is 0 Å². The number of anilines is 1. The van der Waals surface area contributed by atoms with Crippen LogP contribution in [0.15, 0.2) is 18.2 Å². The topological polar surface area (TPSA) is 12.0 Å². The van der Waals surface area contributed by atoms with Gasteiger partial charge >= 0.3 is 58.4 Å². The van der Waals surface area contributed by atoms with E-state index in [9.17, 15) is 12.9 Å². The van der Waals surface area contributed by atoms with Crippen molar-refractivity contribution in [2.24, 2.45) is 0 Å². The quantitative estimate of drug-likeness (QED) is 0.626. The van der Waals surface area contributed by atoms with Gasteiger partial charge < -0.3 is 18.3 Å². The summed E-state index contributed by atoms with van der Waals surface area (Å²) < 4.78 is 37.8. The molecule has 1 aromatic rings. The first-order chi connectivity index (χ1) is 6.59. The Kier molecular flexibility index (Phi) is 4.73. The van der Waals surface area contributed by atoms with E-state index >= 15 is 0 Å². The second-order valence-electron chi connectivity index (χ2n) is 3.48. The summed E-state index contributed by atoms with van der Waals surface area (Å²) in [6, 6.07) is 4.34. The minimum Gasteiger partial charge on any atom is -0.445 e. The van der Waals surface area contributed by atoms with Gasteiger partial charge in [0.25, 0.3) is 0 Å². The van der Waals surface area contributed by atoms with E-state index in [4.69, 9.17) is 0 Å². The molecule has 1 aliphatic heterocycles. The smallest absolute Gasteiger partial charge is 0.445 e. The molecule has 0 spiro atoms. The third-order valence-electron chi connectivity index (χ3n) is 2.48. The van der Waals surface area contributed by atoms with E-state index in [-0.39, 0.29) is 51.4 Å². The van der Waals surface area contributed by atoms with Crippen LogP contribution in [-0.2, 0) is 6.42 Å². The number of halogens is 3. The first kappa shape index (κ1) is 13.6. The number of benzene rings is 1. The maximum absolute atomic E-state index is 12.6. The second-order valence-corrected chi connectivity index (χ2v) is 3.48. The standard InChI is InChI=1S/C9H10BF3N.K/c11-10(12,13)8-4-1-5-9-7(8)3-2-6-14-9;/h1,4-5,14H,2-3,6H2;/q-1;+1. The van der Waals surface area contributed by atoms with Crippen LogP contribution in [-0.4, -0.2) is 13.5 Å². The summed E-state index contributed by atoms with van der Waals surface area (Å²) in [7, 11) is 0.